The van der Waals surface area contributed by atoms with Gasteiger partial charge in [0.1, 0.15) is 0 Å². The molecule has 1 unspecified atom stereocenters. The van der Waals surface area contributed by atoms with Crippen molar-refractivity contribution in [3.63, 3.8) is 0 Å². The molecule has 1 N–H and O–H groups in total. The molecule has 1 atom stereocenters. The lowest BCUT2D eigenvalue weighted by Gasteiger charge is -2.28. The zero-order valence-corrected chi connectivity index (χ0v) is 14.4. The molecule has 1 amide bonds. The van der Waals surface area contributed by atoms with Crippen molar-refractivity contribution in [2.24, 2.45) is 5.92 Å². The Labute approximate surface area is 146 Å². The molecule has 1 aliphatic heterocycles. The molecule has 0 saturated carbocycles. The minimum atomic E-state index is -0.339. The van der Waals surface area contributed by atoms with Crippen molar-refractivity contribution in [3.8, 4) is 0 Å². The Kier molecular flexibility index (Phi) is 4.07. The van der Waals surface area contributed by atoms with Crippen LogP contribution in [-0.4, -0.2) is 35.4 Å². The lowest BCUT2D eigenvalue weighted by Crippen LogP contribution is -2.36. The number of hydrogen-bond acceptors (Lipinski definition) is 3. The van der Waals surface area contributed by atoms with Crippen LogP contribution in [0.4, 0.5) is 0 Å². The standard InChI is InChI=1S/C20H22N2O3/c1-25-20(24)14-6-7-17-15(11-14)16-12-22(9-8-18(16)21-17)19(23)10-13-4-2-3-5-13/h2,4,6-7,11,13,21H,3,5,8-10,12H2,1H3. The van der Waals surface area contributed by atoms with Gasteiger partial charge in [-0.05, 0) is 37.0 Å². The van der Waals surface area contributed by atoms with Crippen LogP contribution in [0.15, 0.2) is 30.4 Å². The molecule has 0 radical (unpaired) electrons. The quantitative estimate of drug-likeness (QED) is 0.690. The van der Waals surface area contributed by atoms with E-state index >= 15 is 0 Å². The van der Waals surface area contributed by atoms with Gasteiger partial charge in [-0.2, -0.15) is 0 Å². The maximum absolute atomic E-state index is 12.7. The van der Waals surface area contributed by atoms with Gasteiger partial charge in [0, 0.05) is 48.1 Å². The number of methoxy groups -OCH3 is 1. The number of carbonyl (C=O) groups excluding carboxylic acids is 2. The largest absolute Gasteiger partial charge is 0.465 e. The second-order valence-corrected chi connectivity index (χ2v) is 6.87. The van der Waals surface area contributed by atoms with E-state index in [0.29, 0.717) is 24.4 Å². The Hall–Kier alpha value is -2.56. The number of esters is 1. The maximum Gasteiger partial charge on any atom is 0.337 e. The molecule has 1 aromatic heterocycles. The summed E-state index contributed by atoms with van der Waals surface area (Å²) in [7, 11) is 1.39. The van der Waals surface area contributed by atoms with Crippen LogP contribution >= 0.6 is 0 Å². The highest BCUT2D eigenvalue weighted by Crippen LogP contribution is 2.30. The first-order valence-electron chi connectivity index (χ1n) is 8.82. The van der Waals surface area contributed by atoms with Crippen molar-refractivity contribution in [1.29, 1.82) is 0 Å². The third-order valence-electron chi connectivity index (χ3n) is 5.30. The maximum atomic E-state index is 12.7. The fraction of sp³-hybridized carbons (Fsp3) is 0.400. The van der Waals surface area contributed by atoms with Crippen LogP contribution in [0.3, 0.4) is 0 Å². The first-order chi connectivity index (χ1) is 12.2. The molecule has 0 saturated heterocycles. The number of benzene rings is 1. The fourth-order valence-electron chi connectivity index (χ4n) is 3.89. The molecule has 2 aliphatic rings. The van der Waals surface area contributed by atoms with Crippen LogP contribution in [0.2, 0.25) is 0 Å². The number of carbonyl (C=O) groups is 2. The van der Waals surface area contributed by atoms with Crippen LogP contribution in [-0.2, 0) is 22.5 Å². The summed E-state index contributed by atoms with van der Waals surface area (Å²) in [4.78, 5) is 29.8. The van der Waals surface area contributed by atoms with Crippen LogP contribution < -0.4 is 0 Å². The summed E-state index contributed by atoms with van der Waals surface area (Å²) in [6, 6.07) is 5.55. The zero-order chi connectivity index (χ0) is 17.4. The van der Waals surface area contributed by atoms with Gasteiger partial charge in [0.2, 0.25) is 5.91 Å². The Morgan fingerprint density at radius 2 is 2.24 bits per heavy atom. The zero-order valence-electron chi connectivity index (χ0n) is 14.4. The van der Waals surface area contributed by atoms with Crippen molar-refractivity contribution < 1.29 is 14.3 Å². The Morgan fingerprint density at radius 1 is 1.36 bits per heavy atom. The van der Waals surface area contributed by atoms with Crippen molar-refractivity contribution in [2.75, 3.05) is 13.7 Å². The number of aromatic nitrogens is 1. The molecule has 2 aromatic rings. The van der Waals surface area contributed by atoms with Gasteiger partial charge in [0.15, 0.2) is 0 Å². The van der Waals surface area contributed by atoms with Crippen molar-refractivity contribution in [1.82, 2.24) is 9.88 Å². The molecule has 4 rings (SSSR count). The van der Waals surface area contributed by atoms with Crippen molar-refractivity contribution in [2.45, 2.75) is 32.2 Å². The molecular weight excluding hydrogens is 316 g/mol. The van der Waals surface area contributed by atoms with Crippen LogP contribution in [0.1, 0.15) is 40.9 Å². The molecular formula is C20H22N2O3. The Bertz CT molecular complexity index is 865. The van der Waals surface area contributed by atoms with Gasteiger partial charge in [0.25, 0.3) is 0 Å². The minimum Gasteiger partial charge on any atom is -0.465 e. The molecule has 1 aliphatic carbocycles. The van der Waals surface area contributed by atoms with Crippen LogP contribution in [0, 0.1) is 5.92 Å². The minimum absolute atomic E-state index is 0.223. The molecule has 5 nitrogen and oxygen atoms in total. The van der Waals surface area contributed by atoms with E-state index < -0.39 is 0 Å². The van der Waals surface area contributed by atoms with Gasteiger partial charge >= 0.3 is 5.97 Å². The van der Waals surface area contributed by atoms with E-state index in [9.17, 15) is 9.59 Å². The lowest BCUT2D eigenvalue weighted by atomic mass is 10.0. The van der Waals surface area contributed by atoms with Crippen molar-refractivity contribution in [3.05, 3.63) is 47.2 Å². The molecule has 0 spiro atoms. The van der Waals surface area contributed by atoms with Crippen LogP contribution in [0.5, 0.6) is 0 Å². The van der Waals surface area contributed by atoms with E-state index in [0.717, 1.165) is 42.3 Å². The highest BCUT2D eigenvalue weighted by molar-refractivity contribution is 5.96. The van der Waals surface area contributed by atoms with E-state index in [1.165, 1.54) is 12.8 Å². The summed E-state index contributed by atoms with van der Waals surface area (Å²) in [6.07, 6.45) is 7.93. The van der Waals surface area contributed by atoms with Gasteiger partial charge in [0.05, 0.1) is 12.7 Å². The van der Waals surface area contributed by atoms with E-state index in [4.69, 9.17) is 4.74 Å². The molecule has 1 aromatic carbocycles. The molecule has 130 valence electrons. The molecule has 25 heavy (non-hydrogen) atoms. The number of nitrogens with zero attached hydrogens (tertiary/aromatic N) is 1. The molecule has 0 bridgehead atoms. The highest BCUT2D eigenvalue weighted by atomic mass is 16.5. The summed E-state index contributed by atoms with van der Waals surface area (Å²) in [5, 5.41) is 1.01. The molecule has 0 fully saturated rings. The van der Waals surface area contributed by atoms with Gasteiger partial charge in [-0.15, -0.1) is 0 Å². The third-order valence-corrected chi connectivity index (χ3v) is 5.30. The normalized spacial score (nSPS) is 19.2. The SMILES string of the molecule is COC(=O)c1ccc2[nH]c3c(c2c1)CN(C(=O)CC1C=CCC1)CC3. The van der Waals surface area contributed by atoms with Gasteiger partial charge in [-0.1, -0.05) is 12.2 Å². The fourth-order valence-corrected chi connectivity index (χ4v) is 3.89. The predicted molar refractivity (Wildman–Crippen MR) is 95.2 cm³/mol. The second-order valence-electron chi connectivity index (χ2n) is 6.87. The summed E-state index contributed by atoms with van der Waals surface area (Å²) < 4.78 is 4.82. The number of hydrogen-bond donors (Lipinski definition) is 1. The smallest absolute Gasteiger partial charge is 0.337 e. The van der Waals surface area contributed by atoms with Gasteiger partial charge in [-0.3, -0.25) is 4.79 Å². The van der Waals surface area contributed by atoms with Gasteiger partial charge < -0.3 is 14.6 Å². The monoisotopic (exact) mass is 338 g/mol. The topological polar surface area (TPSA) is 62.4 Å². The Balaban J connectivity index is 1.59. The lowest BCUT2D eigenvalue weighted by molar-refractivity contribution is -0.132. The number of H-pyrrole nitrogens is 1. The number of fused-ring (bicyclic) bond motifs is 3. The number of amides is 1. The van der Waals surface area contributed by atoms with Crippen molar-refractivity contribution >= 4 is 22.8 Å². The summed E-state index contributed by atoms with van der Waals surface area (Å²) in [5.74, 6) is 0.275. The average Bonchev–Trinajstić information content (AvgIpc) is 3.27. The number of rotatable bonds is 3. The second kappa shape index (κ2) is 6.39. The van der Waals surface area contributed by atoms with Gasteiger partial charge in [-0.25, -0.2) is 4.79 Å². The molecule has 5 heteroatoms. The summed E-state index contributed by atoms with van der Waals surface area (Å²) >= 11 is 0. The van der Waals surface area contributed by atoms with Crippen LogP contribution in [0.25, 0.3) is 10.9 Å². The first kappa shape index (κ1) is 15.9. The number of allylic oxidation sites excluding steroid dienone is 2. The Morgan fingerprint density at radius 3 is 3.00 bits per heavy atom. The number of aromatic amines is 1. The highest BCUT2D eigenvalue weighted by Gasteiger charge is 2.26. The average molecular weight is 338 g/mol. The first-order valence-corrected chi connectivity index (χ1v) is 8.82. The van der Waals surface area contributed by atoms with E-state index in [1.54, 1.807) is 6.07 Å². The van der Waals surface area contributed by atoms with E-state index in [1.807, 2.05) is 17.0 Å². The van der Waals surface area contributed by atoms with E-state index in [2.05, 4.69) is 17.1 Å². The summed E-state index contributed by atoms with van der Waals surface area (Å²) in [5.41, 5.74) is 3.84. The number of ether oxygens (including phenoxy) is 1. The summed E-state index contributed by atoms with van der Waals surface area (Å²) in [6.45, 7) is 1.36. The number of nitrogens with one attached hydrogen (secondary N) is 1. The van der Waals surface area contributed by atoms with E-state index in [-0.39, 0.29) is 11.9 Å². The molecule has 2 heterocycles. The third kappa shape index (κ3) is 2.95. The predicted octanol–water partition coefficient (Wildman–Crippen LogP) is 3.20.